The second-order valence-electron chi connectivity index (χ2n) is 8.50. The summed E-state index contributed by atoms with van der Waals surface area (Å²) in [6, 6.07) is 11.9. The van der Waals surface area contributed by atoms with Crippen LogP contribution in [0.2, 0.25) is 0 Å². The third-order valence-electron chi connectivity index (χ3n) is 6.36. The van der Waals surface area contributed by atoms with E-state index in [-0.39, 0.29) is 4.90 Å². The Hall–Kier alpha value is -2.84. The van der Waals surface area contributed by atoms with Crippen LogP contribution in [0.15, 0.2) is 59.8 Å². The first-order valence-corrected chi connectivity index (χ1v) is 12.7. The topological polar surface area (TPSA) is 82.4 Å². The average molecular weight is 470 g/mol. The van der Waals surface area contributed by atoms with E-state index in [1.807, 2.05) is 19.2 Å². The van der Waals surface area contributed by atoms with Gasteiger partial charge in [0.1, 0.15) is 23.4 Å². The van der Waals surface area contributed by atoms with Crippen LogP contribution in [0.1, 0.15) is 61.0 Å². The normalized spacial score (nSPS) is 15.8. The van der Waals surface area contributed by atoms with Crippen LogP contribution in [-0.2, 0) is 17.1 Å². The number of aromatic nitrogens is 2. The third-order valence-corrected chi connectivity index (χ3v) is 7.80. The smallest absolute Gasteiger partial charge is 0.241 e. The lowest BCUT2D eigenvalue weighted by molar-refractivity contribution is 0.392. The van der Waals surface area contributed by atoms with Gasteiger partial charge in [0, 0.05) is 25.5 Å². The molecule has 1 aromatic heterocycles. The largest absolute Gasteiger partial charge is 0.497 e. The summed E-state index contributed by atoms with van der Waals surface area (Å²) in [5.41, 5.74) is 1.88. The molecule has 0 spiro atoms. The average Bonchev–Trinajstić information content (AvgIpc) is 3.28. The molecule has 2 aromatic carbocycles. The number of sulfonamides is 1. The van der Waals surface area contributed by atoms with Crippen LogP contribution in [0.4, 0.5) is 0 Å². The van der Waals surface area contributed by atoms with Crippen molar-refractivity contribution in [1.82, 2.24) is 14.3 Å². The fourth-order valence-electron chi connectivity index (χ4n) is 4.50. The number of nitrogens with one attached hydrogen (secondary N) is 1. The molecule has 8 heteroatoms. The molecule has 0 radical (unpaired) electrons. The van der Waals surface area contributed by atoms with Crippen molar-refractivity contribution in [3.05, 3.63) is 71.8 Å². The van der Waals surface area contributed by atoms with Crippen molar-refractivity contribution in [3.8, 4) is 11.5 Å². The Morgan fingerprint density at radius 2 is 1.64 bits per heavy atom. The summed E-state index contributed by atoms with van der Waals surface area (Å²) in [4.78, 5) is 4.64. The minimum Gasteiger partial charge on any atom is -0.497 e. The molecule has 1 atom stereocenters. The highest BCUT2D eigenvalue weighted by Gasteiger charge is 2.27. The Morgan fingerprint density at radius 1 is 1.00 bits per heavy atom. The Morgan fingerprint density at radius 3 is 2.18 bits per heavy atom. The molecule has 7 nitrogen and oxygen atoms in total. The molecule has 0 amide bonds. The zero-order chi connectivity index (χ0) is 23.4. The summed E-state index contributed by atoms with van der Waals surface area (Å²) < 4.78 is 42.3. The van der Waals surface area contributed by atoms with Gasteiger partial charge in [-0.3, -0.25) is 0 Å². The highest BCUT2D eigenvalue weighted by molar-refractivity contribution is 7.89. The molecule has 0 aliphatic heterocycles. The van der Waals surface area contributed by atoms with Crippen LogP contribution in [0.3, 0.4) is 0 Å². The second-order valence-corrected chi connectivity index (χ2v) is 10.2. The quantitative estimate of drug-likeness (QED) is 0.523. The fraction of sp³-hybridized carbons (Fsp3) is 0.400. The zero-order valence-corrected chi connectivity index (χ0v) is 20.1. The lowest BCUT2D eigenvalue weighted by Crippen LogP contribution is -2.31. The Balaban J connectivity index is 1.67. The minimum atomic E-state index is -3.82. The minimum absolute atomic E-state index is 0.233. The maximum Gasteiger partial charge on any atom is 0.241 e. The number of hydrogen-bond acceptors (Lipinski definition) is 5. The van der Waals surface area contributed by atoms with Crippen LogP contribution in [0.5, 0.6) is 11.5 Å². The molecule has 1 N–H and O–H groups in total. The van der Waals surface area contributed by atoms with Crippen molar-refractivity contribution in [3.63, 3.8) is 0 Å². The van der Waals surface area contributed by atoms with E-state index >= 15 is 0 Å². The molecule has 3 aromatic rings. The highest BCUT2D eigenvalue weighted by atomic mass is 32.2. The van der Waals surface area contributed by atoms with Crippen molar-refractivity contribution in [2.24, 2.45) is 7.05 Å². The lowest BCUT2D eigenvalue weighted by atomic mass is 9.84. The van der Waals surface area contributed by atoms with Gasteiger partial charge >= 0.3 is 0 Å². The maximum atomic E-state index is 13.4. The highest BCUT2D eigenvalue weighted by Crippen LogP contribution is 2.34. The van der Waals surface area contributed by atoms with Gasteiger partial charge < -0.3 is 14.0 Å². The van der Waals surface area contributed by atoms with Gasteiger partial charge in [-0.05, 0) is 54.2 Å². The van der Waals surface area contributed by atoms with Crippen LogP contribution in [-0.4, -0.2) is 32.2 Å². The van der Waals surface area contributed by atoms with E-state index in [2.05, 4.69) is 9.71 Å². The van der Waals surface area contributed by atoms with E-state index in [1.165, 1.54) is 37.7 Å². The molecule has 1 heterocycles. The van der Waals surface area contributed by atoms with Gasteiger partial charge in [0.05, 0.1) is 19.1 Å². The van der Waals surface area contributed by atoms with E-state index in [9.17, 15) is 8.42 Å². The first-order chi connectivity index (χ1) is 15.9. The molecular weight excluding hydrogens is 438 g/mol. The molecule has 1 fully saturated rings. The summed E-state index contributed by atoms with van der Waals surface area (Å²) in [7, 11) is 1.14. The summed E-state index contributed by atoms with van der Waals surface area (Å²) in [6.45, 7) is 0. The summed E-state index contributed by atoms with van der Waals surface area (Å²) >= 11 is 0. The van der Waals surface area contributed by atoms with Crippen molar-refractivity contribution in [2.45, 2.75) is 49.0 Å². The molecule has 1 aliphatic rings. The number of nitrogens with zero attached hydrogens (tertiary/aromatic N) is 2. The number of hydrogen-bond donors (Lipinski definition) is 1. The predicted molar refractivity (Wildman–Crippen MR) is 127 cm³/mol. The number of ether oxygens (including phenoxy) is 2. The Labute approximate surface area is 195 Å². The number of imidazole rings is 1. The summed E-state index contributed by atoms with van der Waals surface area (Å²) in [5.74, 6) is 2.22. The van der Waals surface area contributed by atoms with Gasteiger partial charge in [0.25, 0.3) is 0 Å². The summed E-state index contributed by atoms with van der Waals surface area (Å²) in [5, 5.41) is 0. The monoisotopic (exact) mass is 469 g/mol. The third kappa shape index (κ3) is 5.23. The Bertz CT molecular complexity index is 1160. The molecule has 0 saturated heterocycles. The van der Waals surface area contributed by atoms with Crippen molar-refractivity contribution in [2.75, 3.05) is 14.2 Å². The standard InChI is InChI=1S/C25H31N3O4S/c1-28-14-13-26-25(28)24(20-15-21(31-2)17-22(16-20)32-3)27-33(29,30)23-11-9-19(10-12-23)18-7-5-4-6-8-18/h9-18,24,27H,4-8H2,1-3H3/t24-/m0/s1. The van der Waals surface area contributed by atoms with Crippen molar-refractivity contribution < 1.29 is 17.9 Å². The molecule has 176 valence electrons. The van der Waals surface area contributed by atoms with Crippen molar-refractivity contribution >= 4 is 10.0 Å². The van der Waals surface area contributed by atoms with Gasteiger partial charge in [0.15, 0.2) is 0 Å². The zero-order valence-electron chi connectivity index (χ0n) is 19.3. The van der Waals surface area contributed by atoms with Gasteiger partial charge in [-0.25, -0.2) is 13.4 Å². The van der Waals surface area contributed by atoms with E-state index in [4.69, 9.17) is 9.47 Å². The molecular formula is C25H31N3O4S. The van der Waals surface area contributed by atoms with Gasteiger partial charge in [-0.2, -0.15) is 4.72 Å². The molecule has 4 rings (SSSR count). The second kappa shape index (κ2) is 9.97. The van der Waals surface area contributed by atoms with E-state index in [1.54, 1.807) is 61.5 Å². The van der Waals surface area contributed by atoms with Crippen molar-refractivity contribution in [1.29, 1.82) is 0 Å². The van der Waals surface area contributed by atoms with Crippen LogP contribution < -0.4 is 14.2 Å². The number of rotatable bonds is 8. The van der Waals surface area contributed by atoms with Gasteiger partial charge in [-0.1, -0.05) is 31.4 Å². The van der Waals surface area contributed by atoms with Gasteiger partial charge in [-0.15, -0.1) is 0 Å². The van der Waals surface area contributed by atoms with Crippen LogP contribution in [0, 0.1) is 0 Å². The SMILES string of the molecule is COc1cc(OC)cc([C@H](NS(=O)(=O)c2ccc(C3CCCCC3)cc2)c2nccn2C)c1. The first-order valence-electron chi connectivity index (χ1n) is 11.2. The molecule has 33 heavy (non-hydrogen) atoms. The van der Waals surface area contributed by atoms with Crippen LogP contribution in [0.25, 0.3) is 0 Å². The van der Waals surface area contributed by atoms with Gasteiger partial charge in [0.2, 0.25) is 10.0 Å². The molecule has 0 unspecified atom stereocenters. The number of aryl methyl sites for hydroxylation is 1. The Kier molecular flexibility index (Phi) is 7.05. The van der Waals surface area contributed by atoms with E-state index in [0.717, 1.165) is 0 Å². The summed E-state index contributed by atoms with van der Waals surface area (Å²) in [6.07, 6.45) is 9.53. The van der Waals surface area contributed by atoms with E-state index < -0.39 is 16.1 Å². The molecule has 1 saturated carbocycles. The van der Waals surface area contributed by atoms with E-state index in [0.29, 0.717) is 28.8 Å². The number of benzene rings is 2. The molecule has 0 bridgehead atoms. The number of methoxy groups -OCH3 is 2. The first kappa shape index (κ1) is 23.3. The maximum absolute atomic E-state index is 13.4. The fourth-order valence-corrected chi connectivity index (χ4v) is 5.68. The molecule has 1 aliphatic carbocycles. The lowest BCUT2D eigenvalue weighted by Gasteiger charge is -2.23. The van der Waals surface area contributed by atoms with Crippen LogP contribution >= 0.6 is 0 Å². The predicted octanol–water partition coefficient (Wildman–Crippen LogP) is 4.55.